The summed E-state index contributed by atoms with van der Waals surface area (Å²) in [5.41, 5.74) is 1.03. The molecule has 2 heterocycles. The summed E-state index contributed by atoms with van der Waals surface area (Å²) in [4.78, 5) is 23.7. The Hall–Kier alpha value is -3.31. The maximum absolute atomic E-state index is 12.4. The first kappa shape index (κ1) is 19.5. The van der Waals surface area contributed by atoms with Crippen molar-refractivity contribution >= 4 is 21.8 Å². The number of methoxy groups -OCH3 is 1. The van der Waals surface area contributed by atoms with Gasteiger partial charge in [0.15, 0.2) is 5.82 Å². The molecule has 0 unspecified atom stereocenters. The van der Waals surface area contributed by atoms with Gasteiger partial charge in [-0.15, -0.1) is 0 Å². The summed E-state index contributed by atoms with van der Waals surface area (Å²) < 4.78 is 33.7. The minimum Gasteiger partial charge on any atom is -0.453 e. The van der Waals surface area contributed by atoms with Crippen LogP contribution in [0, 0.1) is 0 Å². The lowest BCUT2D eigenvalue weighted by molar-refractivity contribution is 0.187. The van der Waals surface area contributed by atoms with E-state index in [2.05, 4.69) is 29.7 Å². The predicted octanol–water partition coefficient (Wildman–Crippen LogP) is 1.50. The van der Waals surface area contributed by atoms with Crippen LogP contribution in [0.5, 0.6) is 0 Å². The normalized spacial score (nSPS) is 11.2. The summed E-state index contributed by atoms with van der Waals surface area (Å²) in [5.74, 6) is 0.602. The van der Waals surface area contributed by atoms with Gasteiger partial charge >= 0.3 is 6.09 Å². The van der Waals surface area contributed by atoms with Gasteiger partial charge in [0.05, 0.1) is 18.2 Å². The van der Waals surface area contributed by atoms with Crippen LogP contribution >= 0.6 is 0 Å². The molecule has 1 amide bonds. The molecule has 146 valence electrons. The van der Waals surface area contributed by atoms with E-state index in [1.807, 2.05) is 0 Å². The van der Waals surface area contributed by atoms with E-state index in [0.717, 1.165) is 0 Å². The van der Waals surface area contributed by atoms with Gasteiger partial charge < -0.3 is 9.30 Å². The Labute approximate surface area is 161 Å². The topological polar surface area (TPSA) is 128 Å². The van der Waals surface area contributed by atoms with Gasteiger partial charge in [-0.25, -0.2) is 27.9 Å². The van der Waals surface area contributed by atoms with E-state index < -0.39 is 16.1 Å². The average Bonchev–Trinajstić information content (AvgIpc) is 3.17. The third-order valence-electron chi connectivity index (χ3n) is 3.75. The highest BCUT2D eigenvalue weighted by Crippen LogP contribution is 2.15. The van der Waals surface area contributed by atoms with Gasteiger partial charge in [0.2, 0.25) is 10.0 Å². The lowest BCUT2D eigenvalue weighted by Gasteiger charge is -2.10. The average molecular weight is 402 g/mol. The standard InChI is InChI=1S/C17H18N6O4S/c1-27-17(24)22-13-2-4-14(5-3-13)28(25,26)21-9-11-23-10-8-20-16(23)15-12-18-6-7-19-15/h2-8,10,12,21H,9,11H2,1H3,(H,22,24). The van der Waals surface area contributed by atoms with Crippen LogP contribution in [0.1, 0.15) is 0 Å². The van der Waals surface area contributed by atoms with Crippen molar-refractivity contribution in [1.29, 1.82) is 0 Å². The third kappa shape index (κ3) is 4.69. The van der Waals surface area contributed by atoms with Crippen LogP contribution in [0.4, 0.5) is 10.5 Å². The number of hydrogen-bond acceptors (Lipinski definition) is 7. The van der Waals surface area contributed by atoms with Crippen LogP contribution in [0.2, 0.25) is 0 Å². The lowest BCUT2D eigenvalue weighted by Crippen LogP contribution is -2.27. The number of aromatic nitrogens is 4. The highest BCUT2D eigenvalue weighted by Gasteiger charge is 2.14. The number of sulfonamides is 1. The van der Waals surface area contributed by atoms with E-state index in [1.54, 1.807) is 35.6 Å². The quantitative estimate of drug-likeness (QED) is 0.613. The minimum atomic E-state index is -3.70. The molecule has 0 radical (unpaired) electrons. The van der Waals surface area contributed by atoms with Gasteiger partial charge in [0, 0.05) is 43.6 Å². The largest absolute Gasteiger partial charge is 0.453 e. The van der Waals surface area contributed by atoms with E-state index in [0.29, 0.717) is 23.8 Å². The third-order valence-corrected chi connectivity index (χ3v) is 5.23. The SMILES string of the molecule is COC(=O)Nc1ccc(S(=O)(=O)NCCn2ccnc2-c2cnccn2)cc1. The number of amides is 1. The second kappa shape index (κ2) is 8.59. The van der Waals surface area contributed by atoms with E-state index in [-0.39, 0.29) is 11.4 Å². The number of imidazole rings is 1. The first-order valence-corrected chi connectivity index (χ1v) is 9.70. The molecular formula is C17H18N6O4S. The fourth-order valence-corrected chi connectivity index (χ4v) is 3.43. The van der Waals surface area contributed by atoms with Gasteiger partial charge in [-0.1, -0.05) is 0 Å². The molecule has 11 heteroatoms. The molecule has 1 aromatic carbocycles. The Morgan fingerprint density at radius 1 is 1.14 bits per heavy atom. The van der Waals surface area contributed by atoms with Crippen LogP contribution in [-0.2, 0) is 21.3 Å². The van der Waals surface area contributed by atoms with Crippen LogP contribution in [0.15, 0.2) is 60.1 Å². The molecule has 10 nitrogen and oxygen atoms in total. The van der Waals surface area contributed by atoms with Crippen LogP contribution < -0.4 is 10.0 Å². The molecule has 3 aromatic rings. The van der Waals surface area contributed by atoms with Crippen molar-refractivity contribution in [3.63, 3.8) is 0 Å². The van der Waals surface area contributed by atoms with Crippen molar-refractivity contribution in [1.82, 2.24) is 24.2 Å². The maximum atomic E-state index is 12.4. The summed E-state index contributed by atoms with van der Waals surface area (Å²) >= 11 is 0. The van der Waals surface area contributed by atoms with Gasteiger partial charge in [-0.05, 0) is 24.3 Å². The summed E-state index contributed by atoms with van der Waals surface area (Å²) in [6.07, 6.45) is 7.45. The summed E-state index contributed by atoms with van der Waals surface area (Å²) in [6.45, 7) is 0.529. The van der Waals surface area contributed by atoms with E-state index in [4.69, 9.17) is 0 Å². The van der Waals surface area contributed by atoms with Crippen molar-refractivity contribution in [2.45, 2.75) is 11.4 Å². The second-order valence-corrected chi connectivity index (χ2v) is 7.34. The number of nitrogens with one attached hydrogen (secondary N) is 2. The number of hydrogen-bond donors (Lipinski definition) is 2. The number of carbonyl (C=O) groups is 1. The Morgan fingerprint density at radius 2 is 1.93 bits per heavy atom. The van der Waals surface area contributed by atoms with E-state index in [1.165, 1.54) is 31.4 Å². The summed E-state index contributed by atoms with van der Waals surface area (Å²) in [6, 6.07) is 5.76. The molecule has 0 saturated heterocycles. The Balaban J connectivity index is 1.62. The van der Waals surface area contributed by atoms with E-state index >= 15 is 0 Å². The molecule has 0 spiro atoms. The van der Waals surface area contributed by atoms with Gasteiger partial charge in [-0.3, -0.25) is 10.3 Å². The highest BCUT2D eigenvalue weighted by atomic mass is 32.2. The zero-order chi connectivity index (χ0) is 20.0. The molecule has 0 aliphatic rings. The minimum absolute atomic E-state index is 0.0858. The summed E-state index contributed by atoms with van der Waals surface area (Å²) in [5, 5.41) is 2.46. The highest BCUT2D eigenvalue weighted by molar-refractivity contribution is 7.89. The number of ether oxygens (including phenoxy) is 1. The first-order valence-electron chi connectivity index (χ1n) is 8.22. The molecule has 0 aliphatic heterocycles. The molecular weight excluding hydrogens is 384 g/mol. The van der Waals surface area contributed by atoms with E-state index in [9.17, 15) is 13.2 Å². The zero-order valence-corrected chi connectivity index (χ0v) is 15.8. The van der Waals surface area contributed by atoms with Crippen LogP contribution in [0.25, 0.3) is 11.5 Å². The van der Waals surface area contributed by atoms with Crippen LogP contribution in [-0.4, -0.2) is 47.7 Å². The lowest BCUT2D eigenvalue weighted by atomic mass is 10.3. The monoisotopic (exact) mass is 402 g/mol. The first-order chi connectivity index (χ1) is 13.5. The zero-order valence-electron chi connectivity index (χ0n) is 14.9. The number of nitrogens with zero attached hydrogens (tertiary/aromatic N) is 4. The summed E-state index contributed by atoms with van der Waals surface area (Å²) in [7, 11) is -2.45. The van der Waals surface area contributed by atoms with Crippen molar-refractivity contribution in [2.24, 2.45) is 0 Å². The van der Waals surface area contributed by atoms with Gasteiger partial charge in [0.1, 0.15) is 5.69 Å². The smallest absolute Gasteiger partial charge is 0.411 e. The van der Waals surface area contributed by atoms with Crippen LogP contribution in [0.3, 0.4) is 0 Å². The predicted molar refractivity (Wildman–Crippen MR) is 101 cm³/mol. The second-order valence-electron chi connectivity index (χ2n) is 5.57. The van der Waals surface area contributed by atoms with Crippen molar-refractivity contribution in [2.75, 3.05) is 19.0 Å². The fourth-order valence-electron chi connectivity index (χ4n) is 2.41. The molecule has 0 atom stereocenters. The van der Waals surface area contributed by atoms with Gasteiger partial charge in [0.25, 0.3) is 0 Å². The number of carbonyl (C=O) groups excluding carboxylic acids is 1. The fraction of sp³-hybridized carbons (Fsp3) is 0.176. The molecule has 0 aliphatic carbocycles. The van der Waals surface area contributed by atoms with Gasteiger partial charge in [-0.2, -0.15) is 0 Å². The molecule has 28 heavy (non-hydrogen) atoms. The molecule has 2 N–H and O–H groups in total. The molecule has 0 fully saturated rings. The van der Waals surface area contributed by atoms with Crippen molar-refractivity contribution < 1.29 is 17.9 Å². The Bertz CT molecular complexity index is 1040. The number of benzene rings is 1. The number of rotatable bonds is 7. The molecule has 0 bridgehead atoms. The molecule has 0 saturated carbocycles. The number of anilines is 1. The Kier molecular flexibility index (Phi) is 5.96. The van der Waals surface area contributed by atoms with Crippen molar-refractivity contribution in [3.05, 3.63) is 55.2 Å². The molecule has 2 aromatic heterocycles. The van der Waals surface area contributed by atoms with Crippen molar-refractivity contribution in [3.8, 4) is 11.5 Å². The Morgan fingerprint density at radius 3 is 2.61 bits per heavy atom. The molecule has 3 rings (SSSR count). The maximum Gasteiger partial charge on any atom is 0.411 e.